The van der Waals surface area contributed by atoms with E-state index >= 15 is 0 Å². The van der Waals surface area contributed by atoms with Crippen LogP contribution in [-0.2, 0) is 6.42 Å². The molecule has 0 atom stereocenters. The molecule has 0 saturated heterocycles. The Morgan fingerprint density at radius 1 is 0.381 bits per heavy atom. The molecule has 12 aromatic rings. The van der Waals surface area contributed by atoms with E-state index in [0.717, 1.165) is 66.9 Å². The Morgan fingerprint density at radius 3 is 1.68 bits per heavy atom. The second kappa shape index (κ2) is 15.4. The Kier molecular flexibility index (Phi) is 9.01. The Hall–Kier alpha value is -8.06. The van der Waals surface area contributed by atoms with Crippen molar-refractivity contribution >= 4 is 53.3 Å². The molecule has 0 spiro atoms. The molecule has 0 aliphatic carbocycles. The Bertz CT molecular complexity index is 3580. The summed E-state index contributed by atoms with van der Waals surface area (Å²) in [5.41, 5.74) is 11.8. The van der Waals surface area contributed by atoms with Crippen molar-refractivity contribution in [2.24, 2.45) is 0 Å². The van der Waals surface area contributed by atoms with Crippen LogP contribution in [0.2, 0.25) is 0 Å². The van der Waals surface area contributed by atoms with Crippen molar-refractivity contribution in [2.45, 2.75) is 6.42 Å². The van der Waals surface area contributed by atoms with E-state index in [9.17, 15) is 0 Å². The van der Waals surface area contributed by atoms with Gasteiger partial charge in [-0.05, 0) is 64.2 Å². The lowest BCUT2D eigenvalue weighted by Gasteiger charge is -2.17. The zero-order chi connectivity index (χ0) is 41.7. The third-order valence-corrected chi connectivity index (χ3v) is 13.1. The van der Waals surface area contributed by atoms with Crippen molar-refractivity contribution in [3.63, 3.8) is 0 Å². The fourth-order valence-electron chi connectivity index (χ4n) is 8.96. The van der Waals surface area contributed by atoms with E-state index < -0.39 is 0 Å². The third kappa shape index (κ3) is 6.65. The number of benzene rings is 8. The van der Waals surface area contributed by atoms with E-state index in [1.807, 2.05) is 53.9 Å². The molecule has 296 valence electrons. The van der Waals surface area contributed by atoms with Crippen LogP contribution < -0.4 is 0 Å². The number of fused-ring (bicyclic) bond motifs is 6. The fraction of sp³-hybridized carbons (Fsp3) is 0.0175. The Morgan fingerprint density at radius 2 is 0.984 bits per heavy atom. The normalized spacial score (nSPS) is 11.6. The van der Waals surface area contributed by atoms with Gasteiger partial charge >= 0.3 is 0 Å². The zero-order valence-electron chi connectivity index (χ0n) is 34.1. The van der Waals surface area contributed by atoms with E-state index in [-0.39, 0.29) is 0 Å². The minimum absolute atomic E-state index is 0.413. The van der Waals surface area contributed by atoms with E-state index in [2.05, 4.69) is 174 Å². The van der Waals surface area contributed by atoms with Gasteiger partial charge in [0.2, 0.25) is 0 Å². The molecule has 0 radical (unpaired) electrons. The summed E-state index contributed by atoms with van der Waals surface area (Å²) in [4.78, 5) is 20.9. The minimum Gasteiger partial charge on any atom is -0.293 e. The molecular weight excluding hydrogens is 787 g/mol. The molecule has 63 heavy (non-hydrogen) atoms. The summed E-state index contributed by atoms with van der Waals surface area (Å²) in [6, 6.07) is 72.8. The maximum atomic E-state index is 5.51. The number of nitrogens with zero attached hydrogens (tertiary/aromatic N) is 5. The molecule has 0 aliphatic rings. The number of hydrogen-bond acceptors (Lipinski definition) is 5. The van der Waals surface area contributed by atoms with Gasteiger partial charge in [0.05, 0.1) is 11.0 Å². The first kappa shape index (κ1) is 36.8. The van der Waals surface area contributed by atoms with E-state index in [1.165, 1.54) is 30.9 Å². The average Bonchev–Trinajstić information content (AvgIpc) is 3.88. The Balaban J connectivity index is 1.12. The first-order valence-electron chi connectivity index (χ1n) is 21.2. The SMILES string of the molecule is c1ccc(-c2ccc(-c3ccccc3)c(-c3cnc(-n4c5ccccc5c5cc6c(cc54)sc4ccccc46)c(Cc4nc(-c5ccccc5)nc(-c5ccccc5)n4)c3)c2)cc1. The van der Waals surface area contributed by atoms with Crippen LogP contribution in [0.1, 0.15) is 11.4 Å². The van der Waals surface area contributed by atoms with Crippen LogP contribution in [0.15, 0.2) is 212 Å². The fourth-order valence-corrected chi connectivity index (χ4v) is 10.1. The van der Waals surface area contributed by atoms with Gasteiger partial charge in [0.1, 0.15) is 11.6 Å². The summed E-state index contributed by atoms with van der Waals surface area (Å²) < 4.78 is 4.88. The monoisotopic (exact) mass is 823 g/mol. The van der Waals surface area contributed by atoms with Crippen molar-refractivity contribution < 1.29 is 0 Å². The quantitative estimate of drug-likeness (QED) is 0.153. The maximum absolute atomic E-state index is 5.51. The summed E-state index contributed by atoms with van der Waals surface area (Å²) >= 11 is 1.83. The lowest BCUT2D eigenvalue weighted by atomic mass is 9.91. The number of para-hydroxylation sites is 1. The van der Waals surface area contributed by atoms with Gasteiger partial charge in [-0.15, -0.1) is 11.3 Å². The van der Waals surface area contributed by atoms with Gasteiger partial charge in [0.15, 0.2) is 11.6 Å². The van der Waals surface area contributed by atoms with Gasteiger partial charge in [-0.25, -0.2) is 19.9 Å². The van der Waals surface area contributed by atoms with Gasteiger partial charge in [-0.3, -0.25) is 4.57 Å². The highest BCUT2D eigenvalue weighted by Gasteiger charge is 2.22. The number of aromatic nitrogens is 5. The first-order valence-corrected chi connectivity index (χ1v) is 22.0. The third-order valence-electron chi connectivity index (χ3n) is 11.9. The summed E-state index contributed by atoms with van der Waals surface area (Å²) in [5.74, 6) is 2.78. The maximum Gasteiger partial charge on any atom is 0.163 e. The predicted molar refractivity (Wildman–Crippen MR) is 261 cm³/mol. The molecule has 0 fully saturated rings. The molecule has 0 bridgehead atoms. The van der Waals surface area contributed by atoms with Gasteiger partial charge in [-0.1, -0.05) is 170 Å². The molecular formula is C57H37N5S. The molecule has 0 amide bonds. The topological polar surface area (TPSA) is 56.5 Å². The number of hydrogen-bond donors (Lipinski definition) is 0. The number of thiophene rings is 1. The van der Waals surface area contributed by atoms with E-state index in [0.29, 0.717) is 23.9 Å². The van der Waals surface area contributed by atoms with Crippen LogP contribution in [0.5, 0.6) is 0 Å². The van der Waals surface area contributed by atoms with Gasteiger partial charge in [0, 0.05) is 65.8 Å². The van der Waals surface area contributed by atoms with Crippen LogP contribution in [0.4, 0.5) is 0 Å². The Labute approximate surface area is 368 Å². The average molecular weight is 824 g/mol. The molecule has 0 saturated carbocycles. The molecule has 12 rings (SSSR count). The highest BCUT2D eigenvalue weighted by atomic mass is 32.1. The lowest BCUT2D eigenvalue weighted by molar-refractivity contribution is 0.914. The van der Waals surface area contributed by atoms with Gasteiger partial charge in [0.25, 0.3) is 0 Å². The van der Waals surface area contributed by atoms with Crippen molar-refractivity contribution in [3.8, 4) is 62.0 Å². The van der Waals surface area contributed by atoms with Gasteiger partial charge in [-0.2, -0.15) is 0 Å². The zero-order valence-corrected chi connectivity index (χ0v) is 34.9. The van der Waals surface area contributed by atoms with E-state index in [4.69, 9.17) is 19.9 Å². The van der Waals surface area contributed by atoms with Crippen molar-refractivity contribution in [2.75, 3.05) is 0 Å². The minimum atomic E-state index is 0.413. The van der Waals surface area contributed by atoms with Crippen molar-refractivity contribution in [1.29, 1.82) is 0 Å². The second-order valence-corrected chi connectivity index (χ2v) is 16.9. The molecule has 0 unspecified atom stereocenters. The van der Waals surface area contributed by atoms with Crippen LogP contribution in [0.3, 0.4) is 0 Å². The lowest BCUT2D eigenvalue weighted by Crippen LogP contribution is -2.08. The van der Waals surface area contributed by atoms with Crippen LogP contribution in [-0.4, -0.2) is 24.5 Å². The van der Waals surface area contributed by atoms with Crippen LogP contribution >= 0.6 is 11.3 Å². The van der Waals surface area contributed by atoms with Crippen molar-refractivity contribution in [3.05, 3.63) is 224 Å². The summed E-state index contributed by atoms with van der Waals surface area (Å²) in [6.45, 7) is 0. The van der Waals surface area contributed by atoms with Gasteiger partial charge < -0.3 is 0 Å². The number of pyridine rings is 1. The molecule has 8 aromatic carbocycles. The molecule has 4 aromatic heterocycles. The highest BCUT2D eigenvalue weighted by molar-refractivity contribution is 7.25. The standard InChI is InChI=1S/C57H37N5S/c1-5-17-37(18-6-1)41-29-30-44(38-19-7-2-8-20-38)47(32-41)43-31-42(33-54-59-55(39-21-9-3-10-22-39)61-56(60-54)40-23-11-4-12-24-40)57(58-36-43)62-50-27-15-13-25-45(50)48-34-49-46-26-14-16-28-52(46)63-53(49)35-51(48)62/h1-32,34-36H,33H2. The summed E-state index contributed by atoms with van der Waals surface area (Å²) in [6.07, 6.45) is 2.46. The molecule has 6 heteroatoms. The summed E-state index contributed by atoms with van der Waals surface area (Å²) in [7, 11) is 0. The molecule has 0 aliphatic heterocycles. The van der Waals surface area contributed by atoms with E-state index in [1.54, 1.807) is 0 Å². The highest BCUT2D eigenvalue weighted by Crippen LogP contribution is 2.42. The van der Waals surface area contributed by atoms with Crippen molar-refractivity contribution in [1.82, 2.24) is 24.5 Å². The van der Waals surface area contributed by atoms with Crippen LogP contribution in [0.25, 0.3) is 104 Å². The largest absolute Gasteiger partial charge is 0.293 e. The molecule has 0 N–H and O–H groups in total. The predicted octanol–water partition coefficient (Wildman–Crippen LogP) is 14.7. The second-order valence-electron chi connectivity index (χ2n) is 15.8. The molecule has 4 heterocycles. The smallest absolute Gasteiger partial charge is 0.163 e. The van der Waals surface area contributed by atoms with Crippen LogP contribution in [0, 0.1) is 0 Å². The first-order chi connectivity index (χ1) is 31.2. The number of rotatable bonds is 8. The molecule has 5 nitrogen and oxygen atoms in total. The summed E-state index contributed by atoms with van der Waals surface area (Å²) in [5, 5.41) is 4.93.